The van der Waals surface area contributed by atoms with E-state index >= 15 is 0 Å². The lowest BCUT2D eigenvalue weighted by atomic mass is 10.0. The van der Waals surface area contributed by atoms with Gasteiger partial charge in [0.05, 0.1) is 0 Å². The van der Waals surface area contributed by atoms with Crippen molar-refractivity contribution in [2.24, 2.45) is 5.92 Å². The van der Waals surface area contributed by atoms with E-state index in [0.717, 1.165) is 32.0 Å². The molecular formula is C20H26FN3O4S. The number of allylic oxidation sites excluding steroid dienone is 1. The molecule has 7 nitrogen and oxygen atoms in total. The number of halogens is 1. The predicted octanol–water partition coefficient (Wildman–Crippen LogP) is 2.08. The monoisotopic (exact) mass is 423 g/mol. The van der Waals surface area contributed by atoms with Gasteiger partial charge in [-0.25, -0.2) is 13.4 Å². The molecule has 3 aliphatic rings. The average molecular weight is 424 g/mol. The van der Waals surface area contributed by atoms with Gasteiger partial charge in [0.15, 0.2) is 5.82 Å². The normalized spacial score (nSPS) is 24.0. The SMILES string of the molecule is O=C1CN(c2c(O)cc(CCN3CCC(=CC4CCCC4)C3)cc2F)S(=O)(=O)N1. The zero-order valence-corrected chi connectivity index (χ0v) is 17.0. The fourth-order valence-corrected chi connectivity index (χ4v) is 5.67. The third-order valence-corrected chi connectivity index (χ3v) is 7.31. The quantitative estimate of drug-likeness (QED) is 0.708. The summed E-state index contributed by atoms with van der Waals surface area (Å²) in [5, 5.41) is 10.2. The third-order valence-electron chi connectivity index (χ3n) is 5.94. The summed E-state index contributed by atoms with van der Waals surface area (Å²) in [6.45, 7) is 2.10. The van der Waals surface area contributed by atoms with Crippen LogP contribution in [0.3, 0.4) is 0 Å². The van der Waals surface area contributed by atoms with Crippen LogP contribution < -0.4 is 9.03 Å². The van der Waals surface area contributed by atoms with Gasteiger partial charge in [0.2, 0.25) is 0 Å². The number of aromatic hydroxyl groups is 1. The number of hydrogen-bond acceptors (Lipinski definition) is 5. The van der Waals surface area contributed by atoms with Gasteiger partial charge in [-0.3, -0.25) is 9.69 Å². The second kappa shape index (κ2) is 7.95. The van der Waals surface area contributed by atoms with Crippen molar-refractivity contribution in [3.63, 3.8) is 0 Å². The molecule has 4 rings (SSSR count). The molecule has 0 radical (unpaired) electrons. The van der Waals surface area contributed by atoms with Gasteiger partial charge in [-0.2, -0.15) is 8.42 Å². The summed E-state index contributed by atoms with van der Waals surface area (Å²) in [7, 11) is -4.17. The van der Waals surface area contributed by atoms with Crippen molar-refractivity contribution in [1.82, 2.24) is 9.62 Å². The maximum absolute atomic E-state index is 14.6. The molecule has 2 heterocycles. The molecule has 158 valence electrons. The Balaban J connectivity index is 1.40. The molecule has 2 aliphatic heterocycles. The van der Waals surface area contributed by atoms with Crippen molar-refractivity contribution in [3.8, 4) is 5.75 Å². The average Bonchev–Trinajstić information content (AvgIpc) is 3.35. The van der Waals surface area contributed by atoms with Crippen LogP contribution in [0.1, 0.15) is 37.7 Å². The molecule has 0 bridgehead atoms. The van der Waals surface area contributed by atoms with Crippen LogP contribution in [0.4, 0.5) is 10.1 Å². The smallest absolute Gasteiger partial charge is 0.326 e. The van der Waals surface area contributed by atoms with Gasteiger partial charge < -0.3 is 5.11 Å². The molecule has 29 heavy (non-hydrogen) atoms. The van der Waals surface area contributed by atoms with E-state index in [-0.39, 0.29) is 0 Å². The number of carbonyl (C=O) groups is 1. The van der Waals surface area contributed by atoms with Crippen molar-refractivity contribution < 1.29 is 22.7 Å². The standard InChI is InChI=1S/C20H26FN3O4S/c21-17-10-15(11-18(25)20(17)24-13-19(26)22-29(24,27)28)5-7-23-8-6-16(12-23)9-14-3-1-2-4-14/h9-11,14,25H,1-8,12-13H2,(H,22,26). The Morgan fingerprint density at radius 2 is 2.00 bits per heavy atom. The number of phenolic OH excluding ortho intramolecular Hbond substituents is 1. The summed E-state index contributed by atoms with van der Waals surface area (Å²) >= 11 is 0. The van der Waals surface area contributed by atoms with Gasteiger partial charge in [-0.05, 0) is 49.3 Å². The van der Waals surface area contributed by atoms with Crippen LogP contribution in [0.15, 0.2) is 23.8 Å². The highest BCUT2D eigenvalue weighted by Gasteiger charge is 2.37. The summed E-state index contributed by atoms with van der Waals surface area (Å²) in [6.07, 6.45) is 9.30. The highest BCUT2D eigenvalue weighted by molar-refractivity contribution is 7.92. The first-order valence-electron chi connectivity index (χ1n) is 10.1. The van der Waals surface area contributed by atoms with E-state index in [2.05, 4.69) is 11.0 Å². The Bertz CT molecular complexity index is 918. The molecule has 9 heteroatoms. The number of phenols is 1. The molecule has 3 fully saturated rings. The lowest BCUT2D eigenvalue weighted by Gasteiger charge is -2.19. The number of benzene rings is 1. The molecule has 1 aliphatic carbocycles. The van der Waals surface area contributed by atoms with Gasteiger partial charge in [-0.1, -0.05) is 24.5 Å². The van der Waals surface area contributed by atoms with Gasteiger partial charge in [0.25, 0.3) is 5.91 Å². The first kappa shape index (κ1) is 20.2. The number of nitrogens with zero attached hydrogens (tertiary/aromatic N) is 2. The fraction of sp³-hybridized carbons (Fsp3) is 0.550. The van der Waals surface area contributed by atoms with E-state index in [4.69, 9.17) is 0 Å². The van der Waals surface area contributed by atoms with Gasteiger partial charge in [0, 0.05) is 19.6 Å². The highest BCUT2D eigenvalue weighted by Crippen LogP contribution is 2.35. The molecular weight excluding hydrogens is 397 g/mol. The number of likely N-dealkylation sites (tertiary alicyclic amines) is 1. The number of amides is 1. The fourth-order valence-electron chi connectivity index (χ4n) is 4.49. The van der Waals surface area contributed by atoms with Crippen LogP contribution in [0.2, 0.25) is 0 Å². The Labute approximate surface area is 170 Å². The topological polar surface area (TPSA) is 90.0 Å². The maximum Gasteiger partial charge on any atom is 0.326 e. The summed E-state index contributed by atoms with van der Waals surface area (Å²) < 4.78 is 40.8. The number of carbonyl (C=O) groups excluding carboxylic acids is 1. The van der Waals surface area contributed by atoms with Crippen LogP contribution in [0.5, 0.6) is 5.75 Å². The van der Waals surface area contributed by atoms with E-state index in [1.165, 1.54) is 43.4 Å². The molecule has 1 amide bonds. The van der Waals surface area contributed by atoms with Crippen LogP contribution in [0.25, 0.3) is 0 Å². The molecule has 1 saturated carbocycles. The Kier molecular flexibility index (Phi) is 5.52. The summed E-state index contributed by atoms with van der Waals surface area (Å²) in [4.78, 5) is 13.7. The molecule has 1 aromatic carbocycles. The minimum absolute atomic E-state index is 0.483. The van der Waals surface area contributed by atoms with E-state index in [9.17, 15) is 22.7 Å². The minimum Gasteiger partial charge on any atom is -0.506 e. The molecule has 2 N–H and O–H groups in total. The Morgan fingerprint density at radius 3 is 2.66 bits per heavy atom. The van der Waals surface area contributed by atoms with Gasteiger partial charge in [-0.15, -0.1) is 0 Å². The van der Waals surface area contributed by atoms with Crippen LogP contribution in [0, 0.1) is 11.7 Å². The number of hydrogen-bond donors (Lipinski definition) is 2. The molecule has 0 spiro atoms. The predicted molar refractivity (Wildman–Crippen MR) is 107 cm³/mol. The van der Waals surface area contributed by atoms with Crippen LogP contribution in [-0.2, 0) is 21.4 Å². The first-order chi connectivity index (χ1) is 13.8. The number of nitrogens with one attached hydrogen (secondary N) is 1. The Morgan fingerprint density at radius 1 is 1.24 bits per heavy atom. The lowest BCUT2D eigenvalue weighted by Crippen LogP contribution is -2.30. The summed E-state index contributed by atoms with van der Waals surface area (Å²) in [6, 6.07) is 2.61. The van der Waals surface area contributed by atoms with E-state index in [1.807, 2.05) is 0 Å². The second-order valence-electron chi connectivity index (χ2n) is 8.13. The number of rotatable bonds is 5. The van der Waals surface area contributed by atoms with Crippen molar-refractivity contribution in [3.05, 3.63) is 35.2 Å². The zero-order chi connectivity index (χ0) is 20.6. The number of anilines is 1. The van der Waals surface area contributed by atoms with Crippen molar-refractivity contribution in [2.45, 2.75) is 38.5 Å². The molecule has 2 saturated heterocycles. The molecule has 1 aromatic rings. The summed E-state index contributed by atoms with van der Waals surface area (Å²) in [5.41, 5.74) is 1.58. The molecule has 0 unspecified atom stereocenters. The lowest BCUT2D eigenvalue weighted by molar-refractivity contribution is -0.117. The van der Waals surface area contributed by atoms with Crippen LogP contribution >= 0.6 is 0 Å². The molecule has 0 aromatic heterocycles. The highest BCUT2D eigenvalue weighted by atomic mass is 32.2. The largest absolute Gasteiger partial charge is 0.506 e. The zero-order valence-electron chi connectivity index (χ0n) is 16.2. The first-order valence-corrected chi connectivity index (χ1v) is 11.5. The molecule has 0 atom stereocenters. The summed E-state index contributed by atoms with van der Waals surface area (Å²) in [5.74, 6) is -1.37. The van der Waals surface area contributed by atoms with Crippen molar-refractivity contribution in [2.75, 3.05) is 30.5 Å². The second-order valence-corrected chi connectivity index (χ2v) is 9.72. The maximum atomic E-state index is 14.6. The Hall–Kier alpha value is -2.13. The van der Waals surface area contributed by atoms with Crippen LogP contribution in [-0.4, -0.2) is 50.5 Å². The third kappa shape index (κ3) is 4.40. The van der Waals surface area contributed by atoms with E-state index < -0.39 is 39.9 Å². The van der Waals surface area contributed by atoms with E-state index in [1.54, 1.807) is 4.72 Å². The van der Waals surface area contributed by atoms with E-state index in [0.29, 0.717) is 16.3 Å². The van der Waals surface area contributed by atoms with Crippen molar-refractivity contribution in [1.29, 1.82) is 0 Å². The minimum atomic E-state index is -4.17. The van der Waals surface area contributed by atoms with Crippen molar-refractivity contribution >= 4 is 21.8 Å². The van der Waals surface area contributed by atoms with Gasteiger partial charge >= 0.3 is 10.2 Å². The van der Waals surface area contributed by atoms with Gasteiger partial charge in [0.1, 0.15) is 18.0 Å².